The minimum atomic E-state index is 0.0283. The highest BCUT2D eigenvalue weighted by molar-refractivity contribution is 7.13. The Morgan fingerprint density at radius 1 is 1.23 bits per heavy atom. The number of thiazole rings is 1. The van der Waals surface area contributed by atoms with E-state index >= 15 is 0 Å². The van der Waals surface area contributed by atoms with Crippen LogP contribution in [0.3, 0.4) is 0 Å². The highest BCUT2D eigenvalue weighted by Gasteiger charge is 2.19. The van der Waals surface area contributed by atoms with Crippen molar-refractivity contribution < 1.29 is 4.79 Å². The number of carbonyl (C=O) groups is 1. The lowest BCUT2D eigenvalue weighted by molar-refractivity contribution is -0.122. The number of nitrogens with zero attached hydrogens (tertiary/aromatic N) is 3. The molecule has 6 heteroatoms. The first kappa shape index (κ1) is 18.9. The van der Waals surface area contributed by atoms with Crippen LogP contribution >= 0.6 is 11.3 Å². The van der Waals surface area contributed by atoms with Crippen LogP contribution in [0.5, 0.6) is 0 Å². The zero-order valence-corrected chi connectivity index (χ0v) is 16.7. The summed E-state index contributed by atoms with van der Waals surface area (Å²) in [4.78, 5) is 21.5. The number of rotatable bonds is 5. The van der Waals surface area contributed by atoms with Crippen LogP contribution in [0.15, 0.2) is 29.8 Å². The normalized spacial score (nSPS) is 17.0. The molecule has 0 spiro atoms. The maximum Gasteiger partial charge on any atom is 0.234 e. The summed E-state index contributed by atoms with van der Waals surface area (Å²) in [6.07, 6.45) is 2.91. The fourth-order valence-corrected chi connectivity index (χ4v) is 4.00. The van der Waals surface area contributed by atoms with Crippen LogP contribution in [0.1, 0.15) is 36.1 Å². The van der Waals surface area contributed by atoms with Crippen molar-refractivity contribution in [2.75, 3.05) is 37.6 Å². The molecule has 1 unspecified atom stereocenters. The maximum atomic E-state index is 12.5. The van der Waals surface area contributed by atoms with Crippen molar-refractivity contribution >= 4 is 22.4 Å². The summed E-state index contributed by atoms with van der Waals surface area (Å²) >= 11 is 1.68. The first-order chi connectivity index (χ1) is 12.5. The van der Waals surface area contributed by atoms with E-state index in [1.165, 1.54) is 11.1 Å². The first-order valence-electron chi connectivity index (χ1n) is 9.26. The first-order valence-corrected chi connectivity index (χ1v) is 10.1. The van der Waals surface area contributed by atoms with Gasteiger partial charge in [0.05, 0.1) is 12.6 Å². The Bertz CT molecular complexity index is 731. The summed E-state index contributed by atoms with van der Waals surface area (Å²) in [6.45, 7) is 10.5. The Hall–Kier alpha value is -1.92. The summed E-state index contributed by atoms with van der Waals surface area (Å²) < 4.78 is 0. The van der Waals surface area contributed by atoms with E-state index in [1.54, 1.807) is 11.3 Å². The molecule has 5 nitrogen and oxygen atoms in total. The van der Waals surface area contributed by atoms with E-state index in [9.17, 15) is 4.79 Å². The molecule has 3 rings (SSSR count). The quantitative estimate of drug-likeness (QED) is 0.876. The second-order valence-electron chi connectivity index (χ2n) is 7.06. The van der Waals surface area contributed by atoms with Gasteiger partial charge in [-0.1, -0.05) is 18.2 Å². The third kappa shape index (κ3) is 4.83. The minimum absolute atomic E-state index is 0.0283. The van der Waals surface area contributed by atoms with Crippen LogP contribution in [0, 0.1) is 13.8 Å². The van der Waals surface area contributed by atoms with E-state index in [4.69, 9.17) is 0 Å². The van der Waals surface area contributed by atoms with E-state index in [0.29, 0.717) is 6.54 Å². The monoisotopic (exact) mass is 372 g/mol. The van der Waals surface area contributed by atoms with Crippen LogP contribution < -0.4 is 10.2 Å². The van der Waals surface area contributed by atoms with Gasteiger partial charge in [-0.2, -0.15) is 0 Å². The summed E-state index contributed by atoms with van der Waals surface area (Å²) in [5.41, 5.74) is 3.70. The molecule has 0 aliphatic carbocycles. The highest BCUT2D eigenvalue weighted by atomic mass is 32.1. The molecule has 1 fully saturated rings. The lowest BCUT2D eigenvalue weighted by Crippen LogP contribution is -2.40. The molecule has 26 heavy (non-hydrogen) atoms. The lowest BCUT2D eigenvalue weighted by Gasteiger charge is -2.22. The number of anilines is 1. The number of nitrogens with one attached hydrogen (secondary N) is 1. The van der Waals surface area contributed by atoms with Gasteiger partial charge < -0.3 is 10.2 Å². The van der Waals surface area contributed by atoms with E-state index < -0.39 is 0 Å². The van der Waals surface area contributed by atoms with Crippen molar-refractivity contribution in [2.24, 2.45) is 0 Å². The molecule has 1 atom stereocenters. The van der Waals surface area contributed by atoms with E-state index in [0.717, 1.165) is 43.3 Å². The van der Waals surface area contributed by atoms with Crippen LogP contribution in [-0.4, -0.2) is 48.5 Å². The van der Waals surface area contributed by atoms with Crippen LogP contribution in [-0.2, 0) is 4.79 Å². The van der Waals surface area contributed by atoms with Gasteiger partial charge in [-0.3, -0.25) is 9.69 Å². The SMILES string of the molecule is Cc1ccc(C(C)NC(=O)CN2CCCN(c3nccs3)CC2)cc1C. The Morgan fingerprint density at radius 3 is 2.81 bits per heavy atom. The zero-order chi connectivity index (χ0) is 18.5. The number of benzene rings is 1. The molecule has 0 radical (unpaired) electrons. The summed E-state index contributed by atoms with van der Waals surface area (Å²) in [5, 5.41) is 6.24. The van der Waals surface area contributed by atoms with Crippen molar-refractivity contribution in [1.29, 1.82) is 0 Å². The molecular formula is C20H28N4OS. The molecule has 1 aliphatic heterocycles. The smallest absolute Gasteiger partial charge is 0.234 e. The standard InChI is InChI=1S/C20H28N4OS/c1-15-5-6-18(13-16(15)2)17(3)22-19(25)14-23-8-4-9-24(11-10-23)20-21-7-12-26-20/h5-7,12-13,17H,4,8-11,14H2,1-3H3,(H,22,25). The average molecular weight is 373 g/mol. The zero-order valence-electron chi connectivity index (χ0n) is 15.9. The second-order valence-corrected chi connectivity index (χ2v) is 7.94. The predicted molar refractivity (Wildman–Crippen MR) is 108 cm³/mol. The fraction of sp³-hybridized carbons (Fsp3) is 0.500. The van der Waals surface area contributed by atoms with Gasteiger partial charge >= 0.3 is 0 Å². The molecule has 1 saturated heterocycles. The van der Waals surface area contributed by atoms with Crippen molar-refractivity contribution in [3.63, 3.8) is 0 Å². The van der Waals surface area contributed by atoms with Gasteiger partial charge in [-0.05, 0) is 43.9 Å². The van der Waals surface area contributed by atoms with Gasteiger partial charge in [0, 0.05) is 37.8 Å². The summed E-state index contributed by atoms with van der Waals surface area (Å²) in [7, 11) is 0. The average Bonchev–Trinajstić information content (AvgIpc) is 3.05. The number of hydrogen-bond donors (Lipinski definition) is 1. The van der Waals surface area contributed by atoms with Crippen molar-refractivity contribution in [2.45, 2.75) is 33.2 Å². The molecule has 1 aromatic carbocycles. The number of hydrogen-bond acceptors (Lipinski definition) is 5. The van der Waals surface area contributed by atoms with Crippen molar-refractivity contribution in [3.8, 4) is 0 Å². The topological polar surface area (TPSA) is 48.5 Å². The van der Waals surface area contributed by atoms with Crippen LogP contribution in [0.2, 0.25) is 0 Å². The van der Waals surface area contributed by atoms with E-state index in [-0.39, 0.29) is 11.9 Å². The van der Waals surface area contributed by atoms with E-state index in [2.05, 4.69) is 59.1 Å². The van der Waals surface area contributed by atoms with Gasteiger partial charge in [-0.15, -0.1) is 11.3 Å². The fourth-order valence-electron chi connectivity index (χ4n) is 3.30. The lowest BCUT2D eigenvalue weighted by atomic mass is 10.0. The third-order valence-corrected chi connectivity index (χ3v) is 5.89. The third-order valence-electron chi connectivity index (χ3n) is 5.05. The van der Waals surface area contributed by atoms with E-state index in [1.807, 2.05) is 11.6 Å². The number of aryl methyl sites for hydroxylation is 2. The van der Waals surface area contributed by atoms with Gasteiger partial charge in [-0.25, -0.2) is 4.98 Å². The molecule has 1 aromatic heterocycles. The molecule has 2 aromatic rings. The number of carbonyl (C=O) groups excluding carboxylic acids is 1. The van der Waals surface area contributed by atoms with Crippen molar-refractivity contribution in [3.05, 3.63) is 46.5 Å². The number of aromatic nitrogens is 1. The van der Waals surface area contributed by atoms with Crippen LogP contribution in [0.25, 0.3) is 0 Å². The Labute approximate surface area is 160 Å². The molecule has 1 N–H and O–H groups in total. The molecule has 0 saturated carbocycles. The Balaban J connectivity index is 1.50. The van der Waals surface area contributed by atoms with Gasteiger partial charge in [0.1, 0.15) is 0 Å². The molecule has 0 bridgehead atoms. The van der Waals surface area contributed by atoms with Gasteiger partial charge in [0.15, 0.2) is 5.13 Å². The molecule has 140 valence electrons. The summed E-state index contributed by atoms with van der Waals surface area (Å²) in [5.74, 6) is 0.0958. The van der Waals surface area contributed by atoms with Crippen LogP contribution in [0.4, 0.5) is 5.13 Å². The molecule has 1 aliphatic rings. The minimum Gasteiger partial charge on any atom is -0.348 e. The molecule has 1 amide bonds. The van der Waals surface area contributed by atoms with Gasteiger partial charge in [0.2, 0.25) is 5.91 Å². The predicted octanol–water partition coefficient (Wildman–Crippen LogP) is 3.15. The summed E-state index contributed by atoms with van der Waals surface area (Å²) in [6, 6.07) is 6.42. The molecule has 2 heterocycles. The van der Waals surface area contributed by atoms with Crippen molar-refractivity contribution in [1.82, 2.24) is 15.2 Å². The molecular weight excluding hydrogens is 344 g/mol. The number of amides is 1. The second kappa shape index (κ2) is 8.64. The Kier molecular flexibility index (Phi) is 6.27. The largest absolute Gasteiger partial charge is 0.348 e. The maximum absolute atomic E-state index is 12.5. The highest BCUT2D eigenvalue weighted by Crippen LogP contribution is 2.19. The Morgan fingerprint density at radius 2 is 2.08 bits per heavy atom. The van der Waals surface area contributed by atoms with Gasteiger partial charge in [0.25, 0.3) is 0 Å².